The molecule has 2 heterocycles. The lowest BCUT2D eigenvalue weighted by atomic mass is 9.77. The van der Waals surface area contributed by atoms with E-state index in [9.17, 15) is 14.4 Å². The third kappa shape index (κ3) is 4.27. The molecule has 172 valence electrons. The average Bonchev–Trinajstić information content (AvgIpc) is 3.56. The van der Waals surface area contributed by atoms with Crippen molar-refractivity contribution in [3.05, 3.63) is 29.3 Å². The molecule has 2 aliphatic heterocycles. The Kier molecular flexibility index (Phi) is 5.93. The van der Waals surface area contributed by atoms with Crippen molar-refractivity contribution < 1.29 is 14.4 Å². The predicted molar refractivity (Wildman–Crippen MR) is 122 cm³/mol. The topological polar surface area (TPSA) is 105 Å². The maximum Gasteiger partial charge on any atom is 0.255 e. The van der Waals surface area contributed by atoms with Crippen molar-refractivity contribution >= 4 is 23.4 Å². The second-order valence-electron chi connectivity index (χ2n) is 10.2. The summed E-state index contributed by atoms with van der Waals surface area (Å²) in [5.74, 6) is 1.38. The summed E-state index contributed by atoms with van der Waals surface area (Å²) in [5, 5.41) is 6.23. The second kappa shape index (κ2) is 8.85. The lowest BCUT2D eigenvalue weighted by molar-refractivity contribution is -0.136. The highest BCUT2D eigenvalue weighted by Crippen LogP contribution is 2.41. The van der Waals surface area contributed by atoms with Crippen LogP contribution in [0.1, 0.15) is 73.7 Å². The highest BCUT2D eigenvalue weighted by molar-refractivity contribution is 6.06. The van der Waals surface area contributed by atoms with E-state index in [-0.39, 0.29) is 24.1 Å². The number of nitrogens with two attached hydrogens (primary N) is 1. The van der Waals surface area contributed by atoms with Gasteiger partial charge in [-0.1, -0.05) is 18.9 Å². The van der Waals surface area contributed by atoms with Gasteiger partial charge in [-0.05, 0) is 75.0 Å². The minimum absolute atomic E-state index is 0.111. The van der Waals surface area contributed by atoms with E-state index in [4.69, 9.17) is 5.73 Å². The summed E-state index contributed by atoms with van der Waals surface area (Å²) in [6.07, 6.45) is 9.34. The first-order chi connectivity index (χ1) is 15.5. The van der Waals surface area contributed by atoms with E-state index in [1.165, 1.54) is 44.9 Å². The maximum absolute atomic E-state index is 13.1. The van der Waals surface area contributed by atoms with Crippen molar-refractivity contribution in [2.45, 2.75) is 76.4 Å². The summed E-state index contributed by atoms with van der Waals surface area (Å²) in [6.45, 7) is 1.21. The van der Waals surface area contributed by atoms with Gasteiger partial charge in [0, 0.05) is 35.8 Å². The van der Waals surface area contributed by atoms with Crippen LogP contribution in [0.4, 0.5) is 5.69 Å². The number of hydrogen-bond acceptors (Lipinski definition) is 5. The third-order valence-electron chi connectivity index (χ3n) is 8.00. The van der Waals surface area contributed by atoms with E-state index in [0.717, 1.165) is 23.7 Å². The van der Waals surface area contributed by atoms with Crippen molar-refractivity contribution in [2.75, 3.05) is 11.9 Å². The normalized spacial score (nSPS) is 29.0. The molecule has 0 bridgehead atoms. The summed E-state index contributed by atoms with van der Waals surface area (Å²) in [5.41, 5.74) is 8.59. The number of anilines is 1. The van der Waals surface area contributed by atoms with Crippen LogP contribution < -0.4 is 16.4 Å². The van der Waals surface area contributed by atoms with Crippen LogP contribution in [0.15, 0.2) is 18.2 Å². The van der Waals surface area contributed by atoms with E-state index < -0.39 is 6.04 Å². The van der Waals surface area contributed by atoms with Crippen molar-refractivity contribution in [2.24, 2.45) is 23.5 Å². The van der Waals surface area contributed by atoms with Crippen LogP contribution in [-0.4, -0.2) is 41.2 Å². The molecule has 1 aromatic carbocycles. The molecule has 5 rings (SSSR count). The first-order valence-electron chi connectivity index (χ1n) is 12.3. The first-order valence-corrected chi connectivity index (χ1v) is 12.3. The molecule has 2 saturated carbocycles. The van der Waals surface area contributed by atoms with Crippen molar-refractivity contribution in [1.29, 1.82) is 0 Å². The summed E-state index contributed by atoms with van der Waals surface area (Å²) in [4.78, 5) is 38.7. The zero-order chi connectivity index (χ0) is 22.2. The van der Waals surface area contributed by atoms with Gasteiger partial charge in [-0.3, -0.25) is 19.7 Å². The number of benzene rings is 1. The van der Waals surface area contributed by atoms with E-state index >= 15 is 0 Å². The highest BCUT2D eigenvalue weighted by atomic mass is 16.2. The largest absolute Gasteiger partial charge is 0.382 e. The zero-order valence-corrected chi connectivity index (χ0v) is 18.6. The van der Waals surface area contributed by atoms with Gasteiger partial charge >= 0.3 is 0 Å². The number of piperidine rings is 1. The van der Waals surface area contributed by atoms with E-state index in [0.29, 0.717) is 36.4 Å². The zero-order valence-electron chi connectivity index (χ0n) is 18.6. The fourth-order valence-corrected chi connectivity index (χ4v) is 5.83. The lowest BCUT2D eigenvalue weighted by Gasteiger charge is -2.35. The number of hydrogen-bond donors (Lipinski definition) is 3. The Bertz CT molecular complexity index is 904. The Labute approximate surface area is 189 Å². The Balaban J connectivity index is 1.34. The fourth-order valence-electron chi connectivity index (χ4n) is 5.83. The van der Waals surface area contributed by atoms with Crippen LogP contribution in [0.25, 0.3) is 0 Å². The maximum atomic E-state index is 13.1. The van der Waals surface area contributed by atoms with Crippen LogP contribution in [0.2, 0.25) is 0 Å². The Morgan fingerprint density at radius 1 is 1.03 bits per heavy atom. The van der Waals surface area contributed by atoms with Crippen LogP contribution in [-0.2, 0) is 16.1 Å². The second-order valence-corrected chi connectivity index (χ2v) is 10.2. The van der Waals surface area contributed by atoms with Gasteiger partial charge in [-0.15, -0.1) is 0 Å². The number of carbonyl (C=O) groups excluding carboxylic acids is 3. The lowest BCUT2D eigenvalue weighted by Crippen LogP contribution is -2.52. The third-order valence-corrected chi connectivity index (χ3v) is 8.00. The first kappa shape index (κ1) is 21.4. The molecule has 1 saturated heterocycles. The Morgan fingerprint density at radius 2 is 1.78 bits per heavy atom. The van der Waals surface area contributed by atoms with Gasteiger partial charge in [0.1, 0.15) is 6.04 Å². The van der Waals surface area contributed by atoms with Gasteiger partial charge in [-0.2, -0.15) is 0 Å². The highest BCUT2D eigenvalue weighted by Gasteiger charge is 2.40. The van der Waals surface area contributed by atoms with E-state index in [2.05, 4.69) is 16.7 Å². The molecule has 4 aliphatic rings. The standard InChI is InChI=1S/C25H34N4O3/c26-13-16-6-8-17(9-7-16)21(12-15-4-5-15)27-20-3-1-2-18-19(20)14-29(25(18)32)22-10-11-23(30)28-24(22)31/h1-3,15-17,21-22,27H,4-14,26H2,(H,28,30,31)/t16?,17?,21-,22-/m0/s1. The van der Waals surface area contributed by atoms with E-state index in [1.54, 1.807) is 4.90 Å². The molecule has 4 N–H and O–H groups in total. The Morgan fingerprint density at radius 3 is 2.47 bits per heavy atom. The number of nitrogens with zero attached hydrogens (tertiary/aromatic N) is 1. The quantitative estimate of drug-likeness (QED) is 0.568. The Hall–Kier alpha value is -2.41. The molecule has 32 heavy (non-hydrogen) atoms. The molecule has 2 atom stereocenters. The van der Waals surface area contributed by atoms with Gasteiger partial charge in [0.15, 0.2) is 0 Å². The molecule has 3 fully saturated rings. The fraction of sp³-hybridized carbons (Fsp3) is 0.640. The predicted octanol–water partition coefficient (Wildman–Crippen LogP) is 2.79. The minimum Gasteiger partial charge on any atom is -0.382 e. The van der Waals surface area contributed by atoms with Crippen molar-refractivity contribution in [3.8, 4) is 0 Å². The number of rotatable bonds is 7. The van der Waals surface area contributed by atoms with Crippen molar-refractivity contribution in [1.82, 2.24) is 10.2 Å². The van der Waals surface area contributed by atoms with Gasteiger partial charge in [0.2, 0.25) is 11.8 Å². The smallest absolute Gasteiger partial charge is 0.255 e. The molecular weight excluding hydrogens is 404 g/mol. The molecular formula is C25H34N4O3. The van der Waals surface area contributed by atoms with E-state index in [1.807, 2.05) is 12.1 Å². The SMILES string of the molecule is NCC1CCC([C@H](CC2CC2)Nc2cccc3c2CN([C@H]2CCC(=O)NC2=O)C3=O)CC1. The molecule has 0 aromatic heterocycles. The van der Waals surface area contributed by atoms with Crippen LogP contribution in [0, 0.1) is 17.8 Å². The number of fused-ring (bicyclic) bond motifs is 1. The average molecular weight is 439 g/mol. The summed E-state index contributed by atoms with van der Waals surface area (Å²) < 4.78 is 0. The molecule has 7 heteroatoms. The molecule has 3 amide bonds. The summed E-state index contributed by atoms with van der Waals surface area (Å²) in [6, 6.07) is 5.71. The monoisotopic (exact) mass is 438 g/mol. The summed E-state index contributed by atoms with van der Waals surface area (Å²) in [7, 11) is 0. The van der Waals surface area contributed by atoms with Gasteiger partial charge in [-0.25, -0.2) is 0 Å². The number of amides is 3. The molecule has 0 spiro atoms. The molecule has 0 radical (unpaired) electrons. The summed E-state index contributed by atoms with van der Waals surface area (Å²) >= 11 is 0. The van der Waals surface area contributed by atoms with Crippen LogP contribution in [0.5, 0.6) is 0 Å². The van der Waals surface area contributed by atoms with Crippen LogP contribution in [0.3, 0.4) is 0 Å². The minimum atomic E-state index is -0.575. The number of nitrogens with one attached hydrogen (secondary N) is 2. The molecule has 2 aliphatic carbocycles. The van der Waals surface area contributed by atoms with Gasteiger partial charge < -0.3 is 16.0 Å². The number of carbonyl (C=O) groups is 3. The molecule has 1 aromatic rings. The van der Waals surface area contributed by atoms with Gasteiger partial charge in [0.05, 0.1) is 0 Å². The number of imide groups is 1. The van der Waals surface area contributed by atoms with Crippen molar-refractivity contribution in [3.63, 3.8) is 0 Å². The molecule has 7 nitrogen and oxygen atoms in total. The van der Waals surface area contributed by atoms with Crippen LogP contribution >= 0.6 is 0 Å². The molecule has 0 unspecified atom stereocenters. The van der Waals surface area contributed by atoms with Gasteiger partial charge in [0.25, 0.3) is 5.91 Å².